The molecule has 20 heavy (non-hydrogen) atoms. The molecular weight excluding hydrogens is 258 g/mol. The van der Waals surface area contributed by atoms with Crippen LogP contribution < -0.4 is 0 Å². The second-order valence-corrected chi connectivity index (χ2v) is 5.68. The van der Waals surface area contributed by atoms with Crippen LogP contribution in [0.25, 0.3) is 0 Å². The van der Waals surface area contributed by atoms with Crippen LogP contribution in [0.15, 0.2) is 0 Å². The van der Waals surface area contributed by atoms with Gasteiger partial charge < -0.3 is 14.9 Å². The Bertz CT molecular complexity index is 350. The van der Waals surface area contributed by atoms with Gasteiger partial charge in [-0.25, -0.2) is 4.79 Å². The van der Waals surface area contributed by atoms with Crippen LogP contribution in [-0.4, -0.2) is 77.1 Å². The number of aliphatic carboxylic acids is 1. The molecule has 2 rings (SSSR count). The molecular formula is C14H25N3O3. The smallest absolute Gasteiger partial charge is 0.320 e. The summed E-state index contributed by atoms with van der Waals surface area (Å²) in [6.07, 6.45) is 3.21. The van der Waals surface area contributed by atoms with Crippen LogP contribution in [0.1, 0.15) is 32.6 Å². The molecule has 6 heteroatoms. The first kappa shape index (κ1) is 15.1. The molecule has 0 bridgehead atoms. The summed E-state index contributed by atoms with van der Waals surface area (Å²) in [6, 6.07) is 0.306. The Morgan fingerprint density at radius 2 is 1.85 bits per heavy atom. The van der Waals surface area contributed by atoms with Crippen LogP contribution in [-0.2, 0) is 4.79 Å². The van der Waals surface area contributed by atoms with Crippen LogP contribution in [0.3, 0.4) is 0 Å². The number of carbonyl (C=O) groups is 2. The van der Waals surface area contributed by atoms with Gasteiger partial charge >= 0.3 is 12.0 Å². The molecule has 0 unspecified atom stereocenters. The number of nitrogens with zero attached hydrogens (tertiary/aromatic N) is 3. The molecule has 114 valence electrons. The summed E-state index contributed by atoms with van der Waals surface area (Å²) in [5, 5.41) is 8.79. The maximum absolute atomic E-state index is 12.5. The third-order valence-corrected chi connectivity index (χ3v) is 3.98. The van der Waals surface area contributed by atoms with Gasteiger partial charge in [0.1, 0.15) is 0 Å². The van der Waals surface area contributed by atoms with Crippen LogP contribution >= 0.6 is 0 Å². The maximum atomic E-state index is 12.5. The van der Waals surface area contributed by atoms with E-state index in [4.69, 9.17) is 5.11 Å². The quantitative estimate of drug-likeness (QED) is 0.792. The van der Waals surface area contributed by atoms with Gasteiger partial charge in [0, 0.05) is 38.8 Å². The van der Waals surface area contributed by atoms with Gasteiger partial charge in [-0.15, -0.1) is 0 Å². The summed E-state index contributed by atoms with van der Waals surface area (Å²) >= 11 is 0. The molecule has 2 amide bonds. The third kappa shape index (κ3) is 4.10. The van der Waals surface area contributed by atoms with Crippen LogP contribution in [0.5, 0.6) is 0 Å². The molecule has 0 atom stereocenters. The second-order valence-electron chi connectivity index (χ2n) is 5.68. The van der Waals surface area contributed by atoms with E-state index in [1.54, 1.807) is 4.90 Å². The minimum absolute atomic E-state index is 0.0323. The number of urea groups is 1. The highest BCUT2D eigenvalue weighted by Crippen LogP contribution is 2.28. The number of rotatable bonds is 6. The lowest BCUT2D eigenvalue weighted by atomic mass is 10.3. The summed E-state index contributed by atoms with van der Waals surface area (Å²) < 4.78 is 0. The highest BCUT2D eigenvalue weighted by Gasteiger charge is 2.35. The fraction of sp³-hybridized carbons (Fsp3) is 0.857. The summed E-state index contributed by atoms with van der Waals surface area (Å²) in [6.45, 7) is 6.97. The molecule has 0 aromatic rings. The predicted molar refractivity (Wildman–Crippen MR) is 75.7 cm³/mol. The lowest BCUT2D eigenvalue weighted by Crippen LogP contribution is -2.53. The first-order valence-electron chi connectivity index (χ1n) is 7.61. The van der Waals surface area contributed by atoms with Gasteiger partial charge in [-0.2, -0.15) is 0 Å². The SMILES string of the molecule is CCCN1CCN(C(=O)N(CCC(=O)O)C2CC2)CC1. The number of carboxylic acid groups (broad SMARTS) is 1. The van der Waals surface area contributed by atoms with Crippen molar-refractivity contribution in [2.75, 3.05) is 39.3 Å². The molecule has 1 aliphatic heterocycles. The van der Waals surface area contributed by atoms with Crippen molar-refractivity contribution in [3.8, 4) is 0 Å². The van der Waals surface area contributed by atoms with Gasteiger partial charge in [-0.3, -0.25) is 9.69 Å². The van der Waals surface area contributed by atoms with Gasteiger partial charge in [0.15, 0.2) is 0 Å². The normalized spacial score (nSPS) is 19.9. The van der Waals surface area contributed by atoms with E-state index in [-0.39, 0.29) is 18.5 Å². The van der Waals surface area contributed by atoms with Crippen molar-refractivity contribution in [2.45, 2.75) is 38.6 Å². The van der Waals surface area contributed by atoms with Gasteiger partial charge in [-0.1, -0.05) is 6.92 Å². The number of piperazine rings is 1. The average Bonchev–Trinajstić information content (AvgIpc) is 3.24. The maximum Gasteiger partial charge on any atom is 0.320 e. The summed E-state index contributed by atoms with van der Waals surface area (Å²) in [4.78, 5) is 29.2. The minimum Gasteiger partial charge on any atom is -0.481 e. The molecule has 1 saturated heterocycles. The first-order valence-corrected chi connectivity index (χ1v) is 7.61. The predicted octanol–water partition coefficient (Wildman–Crippen LogP) is 1.07. The van der Waals surface area contributed by atoms with E-state index >= 15 is 0 Å². The summed E-state index contributed by atoms with van der Waals surface area (Å²) in [7, 11) is 0. The lowest BCUT2D eigenvalue weighted by Gasteiger charge is -2.37. The minimum atomic E-state index is -0.837. The van der Waals surface area contributed by atoms with Crippen LogP contribution in [0, 0.1) is 0 Å². The highest BCUT2D eigenvalue weighted by atomic mass is 16.4. The van der Waals surface area contributed by atoms with Crippen molar-refractivity contribution in [1.82, 2.24) is 14.7 Å². The fourth-order valence-corrected chi connectivity index (χ4v) is 2.70. The fourth-order valence-electron chi connectivity index (χ4n) is 2.70. The molecule has 0 spiro atoms. The molecule has 1 aliphatic carbocycles. The molecule has 2 fully saturated rings. The lowest BCUT2D eigenvalue weighted by molar-refractivity contribution is -0.137. The van der Waals surface area contributed by atoms with Crippen molar-refractivity contribution < 1.29 is 14.7 Å². The van der Waals surface area contributed by atoms with Crippen molar-refractivity contribution in [3.63, 3.8) is 0 Å². The monoisotopic (exact) mass is 283 g/mol. The Hall–Kier alpha value is -1.30. The molecule has 6 nitrogen and oxygen atoms in total. The van der Waals surface area contributed by atoms with Crippen molar-refractivity contribution in [3.05, 3.63) is 0 Å². The standard InChI is InChI=1S/C14H25N3O3/c1-2-6-15-8-10-16(11-9-15)14(20)17(12-3-4-12)7-5-13(18)19/h12H,2-11H2,1H3,(H,18,19). The van der Waals surface area contributed by atoms with Crippen molar-refractivity contribution >= 4 is 12.0 Å². The highest BCUT2D eigenvalue weighted by molar-refractivity contribution is 5.76. The topological polar surface area (TPSA) is 64.1 Å². The van der Waals surface area contributed by atoms with Crippen LogP contribution in [0.4, 0.5) is 4.79 Å². The third-order valence-electron chi connectivity index (χ3n) is 3.98. The number of carbonyl (C=O) groups excluding carboxylic acids is 1. The number of hydrogen-bond donors (Lipinski definition) is 1. The van der Waals surface area contributed by atoms with Gasteiger partial charge in [-0.05, 0) is 25.8 Å². The Labute approximate surface area is 120 Å². The Kier molecular flexibility index (Phi) is 5.23. The van der Waals surface area contributed by atoms with E-state index in [1.807, 2.05) is 4.90 Å². The summed E-state index contributed by atoms with van der Waals surface area (Å²) in [5.41, 5.74) is 0. The zero-order chi connectivity index (χ0) is 14.5. The molecule has 1 heterocycles. The van der Waals surface area contributed by atoms with E-state index in [1.165, 1.54) is 0 Å². The number of hydrogen-bond acceptors (Lipinski definition) is 3. The zero-order valence-corrected chi connectivity index (χ0v) is 12.3. The van der Waals surface area contributed by atoms with E-state index in [2.05, 4.69) is 11.8 Å². The molecule has 2 aliphatic rings. The largest absolute Gasteiger partial charge is 0.481 e. The Morgan fingerprint density at radius 3 is 2.35 bits per heavy atom. The van der Waals surface area contributed by atoms with Gasteiger partial charge in [0.25, 0.3) is 0 Å². The van der Waals surface area contributed by atoms with E-state index in [0.717, 1.165) is 52.0 Å². The van der Waals surface area contributed by atoms with Gasteiger partial charge in [0.2, 0.25) is 0 Å². The first-order chi connectivity index (χ1) is 9.61. The van der Waals surface area contributed by atoms with Gasteiger partial charge in [0.05, 0.1) is 6.42 Å². The van der Waals surface area contributed by atoms with E-state index < -0.39 is 5.97 Å². The number of amides is 2. The second kappa shape index (κ2) is 6.92. The van der Waals surface area contributed by atoms with Crippen LogP contribution in [0.2, 0.25) is 0 Å². The van der Waals surface area contributed by atoms with Crippen molar-refractivity contribution in [2.24, 2.45) is 0 Å². The summed E-state index contributed by atoms with van der Waals surface area (Å²) in [5.74, 6) is -0.837. The Balaban J connectivity index is 1.83. The molecule has 1 N–H and O–H groups in total. The average molecular weight is 283 g/mol. The molecule has 0 aromatic heterocycles. The van der Waals surface area contributed by atoms with E-state index in [9.17, 15) is 9.59 Å². The zero-order valence-electron chi connectivity index (χ0n) is 12.3. The molecule has 0 aromatic carbocycles. The number of carboxylic acids is 1. The molecule has 0 radical (unpaired) electrons. The Morgan fingerprint density at radius 1 is 1.20 bits per heavy atom. The van der Waals surface area contributed by atoms with Crippen molar-refractivity contribution in [1.29, 1.82) is 0 Å². The van der Waals surface area contributed by atoms with E-state index in [0.29, 0.717) is 6.54 Å². The molecule has 1 saturated carbocycles.